The summed E-state index contributed by atoms with van der Waals surface area (Å²) in [5, 5.41) is 4.10. The number of nitrogens with zero attached hydrogens (tertiary/aromatic N) is 1. The second-order valence-electron chi connectivity index (χ2n) is 5.24. The molecule has 1 amide bonds. The largest absolute Gasteiger partial charge is 0.350 e. The Morgan fingerprint density at radius 3 is 2.89 bits per heavy atom. The van der Waals surface area contributed by atoms with E-state index in [1.165, 1.54) is 6.42 Å². The smallest absolute Gasteiger partial charge is 0.253 e. The Labute approximate surface area is 112 Å². The van der Waals surface area contributed by atoms with Crippen LogP contribution < -0.4 is 5.32 Å². The average Bonchev–Trinajstić information content (AvgIpc) is 2.71. The van der Waals surface area contributed by atoms with Crippen molar-refractivity contribution in [1.82, 2.24) is 9.88 Å². The van der Waals surface area contributed by atoms with E-state index in [9.17, 15) is 4.79 Å². The first-order valence-electron chi connectivity index (χ1n) is 6.71. The maximum atomic E-state index is 12.3. The minimum Gasteiger partial charge on any atom is -0.350 e. The predicted octanol–water partition coefficient (Wildman–Crippen LogP) is 3.10. The first-order valence-corrected chi connectivity index (χ1v) is 6.71. The van der Waals surface area contributed by atoms with E-state index in [4.69, 9.17) is 0 Å². The Morgan fingerprint density at radius 2 is 2.26 bits per heavy atom. The molecule has 98 valence electrons. The van der Waals surface area contributed by atoms with Crippen LogP contribution in [0.15, 0.2) is 31.0 Å². The molecule has 3 nitrogen and oxygen atoms in total. The fraction of sp³-hybridized carbons (Fsp3) is 0.312. The maximum Gasteiger partial charge on any atom is 0.253 e. The van der Waals surface area contributed by atoms with Crippen molar-refractivity contribution < 1.29 is 4.79 Å². The summed E-state index contributed by atoms with van der Waals surface area (Å²) in [6.07, 6.45) is 7.17. The summed E-state index contributed by atoms with van der Waals surface area (Å²) in [7, 11) is 1.97. The molecule has 0 radical (unpaired) electrons. The van der Waals surface area contributed by atoms with E-state index < -0.39 is 0 Å². The number of amides is 1. The van der Waals surface area contributed by atoms with Crippen LogP contribution in [0, 0.1) is 0 Å². The van der Waals surface area contributed by atoms with Crippen molar-refractivity contribution in [3.63, 3.8) is 0 Å². The highest BCUT2D eigenvalue weighted by Gasteiger charge is 2.22. The zero-order valence-electron chi connectivity index (χ0n) is 11.1. The van der Waals surface area contributed by atoms with Crippen LogP contribution in [0.5, 0.6) is 0 Å². The van der Waals surface area contributed by atoms with E-state index in [0.717, 1.165) is 34.9 Å². The molecule has 1 aliphatic rings. The molecule has 3 heteroatoms. The summed E-state index contributed by atoms with van der Waals surface area (Å²) in [6, 6.07) is 6.43. The van der Waals surface area contributed by atoms with Crippen molar-refractivity contribution in [2.24, 2.45) is 7.05 Å². The highest BCUT2D eigenvalue weighted by atomic mass is 16.1. The molecule has 1 fully saturated rings. The molecule has 3 rings (SSSR count). The molecule has 0 saturated heterocycles. The molecular weight excluding hydrogens is 236 g/mol. The van der Waals surface area contributed by atoms with Crippen LogP contribution in [0.25, 0.3) is 17.0 Å². The van der Waals surface area contributed by atoms with Gasteiger partial charge >= 0.3 is 0 Å². The Kier molecular flexibility index (Phi) is 2.90. The number of nitrogens with one attached hydrogen (secondary N) is 1. The molecular formula is C16H18N2O. The lowest BCUT2D eigenvalue weighted by atomic mass is 9.93. The summed E-state index contributed by atoms with van der Waals surface area (Å²) < 4.78 is 2.00. The predicted molar refractivity (Wildman–Crippen MR) is 78.1 cm³/mol. The number of carbonyl (C=O) groups is 1. The maximum absolute atomic E-state index is 12.3. The van der Waals surface area contributed by atoms with Crippen LogP contribution >= 0.6 is 0 Å². The average molecular weight is 254 g/mol. The summed E-state index contributed by atoms with van der Waals surface area (Å²) in [5.41, 5.74) is 2.90. The van der Waals surface area contributed by atoms with E-state index in [0.29, 0.717) is 6.04 Å². The van der Waals surface area contributed by atoms with E-state index >= 15 is 0 Å². The first kappa shape index (κ1) is 12.0. The Balaban J connectivity index is 1.98. The third-order valence-electron chi connectivity index (χ3n) is 3.94. The first-order chi connectivity index (χ1) is 9.19. The molecule has 2 aromatic rings. The van der Waals surface area contributed by atoms with Crippen LogP contribution in [-0.4, -0.2) is 16.5 Å². The molecule has 1 N–H and O–H groups in total. The van der Waals surface area contributed by atoms with Crippen LogP contribution in [0.3, 0.4) is 0 Å². The number of hydrogen-bond acceptors (Lipinski definition) is 1. The quantitative estimate of drug-likeness (QED) is 0.897. The number of rotatable bonds is 3. The monoisotopic (exact) mass is 254 g/mol. The number of fused-ring (bicyclic) bond motifs is 1. The van der Waals surface area contributed by atoms with Crippen LogP contribution in [-0.2, 0) is 7.05 Å². The van der Waals surface area contributed by atoms with Crippen LogP contribution in [0.1, 0.15) is 35.2 Å². The van der Waals surface area contributed by atoms with Crippen LogP contribution in [0.2, 0.25) is 0 Å². The van der Waals surface area contributed by atoms with E-state index in [1.54, 1.807) is 0 Å². The van der Waals surface area contributed by atoms with Gasteiger partial charge in [0.1, 0.15) is 0 Å². The molecule has 1 heterocycles. The summed E-state index contributed by atoms with van der Waals surface area (Å²) in [6.45, 7) is 3.78. The van der Waals surface area contributed by atoms with Crippen molar-refractivity contribution >= 4 is 22.9 Å². The second-order valence-corrected chi connectivity index (χ2v) is 5.24. The number of aromatic nitrogens is 1. The molecule has 19 heavy (non-hydrogen) atoms. The molecule has 1 aromatic carbocycles. The van der Waals surface area contributed by atoms with Gasteiger partial charge in [0.05, 0.1) is 5.56 Å². The van der Waals surface area contributed by atoms with Gasteiger partial charge in [0.15, 0.2) is 0 Å². The highest BCUT2D eigenvalue weighted by Crippen LogP contribution is 2.24. The standard InChI is InChI=1S/C16H18N2O/c1-3-11-7-8-13-14(10-18(2)15(13)9-11)16(19)17-12-5-4-6-12/h3,7-10,12H,1,4-6H2,2H3,(H,17,19). The van der Waals surface area contributed by atoms with Gasteiger partial charge in [-0.15, -0.1) is 0 Å². The van der Waals surface area contributed by atoms with E-state index in [2.05, 4.69) is 18.0 Å². The summed E-state index contributed by atoms with van der Waals surface area (Å²) in [4.78, 5) is 12.3. The van der Waals surface area contributed by atoms with E-state index in [1.807, 2.05) is 36.0 Å². The van der Waals surface area contributed by atoms with Gasteiger partial charge in [-0.2, -0.15) is 0 Å². The number of carbonyl (C=O) groups excluding carboxylic acids is 1. The highest BCUT2D eigenvalue weighted by molar-refractivity contribution is 6.07. The van der Waals surface area contributed by atoms with Gasteiger partial charge in [-0.05, 0) is 30.9 Å². The number of benzene rings is 1. The van der Waals surface area contributed by atoms with Crippen molar-refractivity contribution in [3.8, 4) is 0 Å². The molecule has 1 saturated carbocycles. The lowest BCUT2D eigenvalue weighted by Crippen LogP contribution is -2.39. The fourth-order valence-corrected chi connectivity index (χ4v) is 2.52. The van der Waals surface area contributed by atoms with Crippen LogP contribution in [0.4, 0.5) is 0 Å². The number of hydrogen-bond donors (Lipinski definition) is 1. The minimum atomic E-state index is 0.0432. The molecule has 1 aromatic heterocycles. The van der Waals surface area contributed by atoms with Gasteiger partial charge < -0.3 is 9.88 Å². The third-order valence-corrected chi connectivity index (χ3v) is 3.94. The van der Waals surface area contributed by atoms with Gasteiger partial charge in [-0.25, -0.2) is 0 Å². The topological polar surface area (TPSA) is 34.0 Å². The molecule has 1 aliphatic carbocycles. The Morgan fingerprint density at radius 1 is 1.47 bits per heavy atom. The van der Waals surface area contributed by atoms with Gasteiger partial charge in [0.25, 0.3) is 5.91 Å². The molecule has 0 unspecified atom stereocenters. The third kappa shape index (κ3) is 2.05. The summed E-state index contributed by atoms with van der Waals surface area (Å²) in [5.74, 6) is 0.0432. The normalized spacial score (nSPS) is 15.2. The fourth-order valence-electron chi connectivity index (χ4n) is 2.52. The molecule has 0 atom stereocenters. The molecule has 0 aliphatic heterocycles. The van der Waals surface area contributed by atoms with E-state index in [-0.39, 0.29) is 5.91 Å². The molecule has 0 spiro atoms. The van der Waals surface area contributed by atoms with Crippen molar-refractivity contribution in [1.29, 1.82) is 0 Å². The second kappa shape index (κ2) is 4.57. The Bertz CT molecular complexity index is 650. The van der Waals surface area contributed by atoms with Gasteiger partial charge in [0, 0.05) is 30.2 Å². The molecule has 0 bridgehead atoms. The summed E-state index contributed by atoms with van der Waals surface area (Å²) >= 11 is 0. The van der Waals surface area contributed by atoms with Gasteiger partial charge in [0.2, 0.25) is 0 Å². The van der Waals surface area contributed by atoms with Crippen molar-refractivity contribution in [3.05, 3.63) is 42.1 Å². The van der Waals surface area contributed by atoms with Gasteiger partial charge in [-0.1, -0.05) is 24.8 Å². The van der Waals surface area contributed by atoms with Crippen molar-refractivity contribution in [2.75, 3.05) is 0 Å². The zero-order chi connectivity index (χ0) is 13.4. The lowest BCUT2D eigenvalue weighted by molar-refractivity contribution is 0.0918. The minimum absolute atomic E-state index is 0.0432. The van der Waals surface area contributed by atoms with Crippen molar-refractivity contribution in [2.45, 2.75) is 25.3 Å². The SMILES string of the molecule is C=Cc1ccc2c(C(=O)NC3CCC3)cn(C)c2c1. The zero-order valence-corrected chi connectivity index (χ0v) is 11.1. The lowest BCUT2D eigenvalue weighted by Gasteiger charge is -2.26. The Hall–Kier alpha value is -2.03. The number of aryl methyl sites for hydroxylation is 1. The van der Waals surface area contributed by atoms with Gasteiger partial charge in [-0.3, -0.25) is 4.79 Å².